The highest BCUT2D eigenvalue weighted by atomic mass is 35.5. The lowest BCUT2D eigenvalue weighted by molar-refractivity contribution is 0.631. The number of nitrogens with zero attached hydrogens (tertiary/aromatic N) is 4. The molecule has 2 heterocycles. The molecule has 1 N–H and O–H groups in total. The van der Waals surface area contributed by atoms with E-state index in [-0.39, 0.29) is 5.82 Å². The molecule has 1 aliphatic rings. The molecule has 7 heteroatoms. The van der Waals surface area contributed by atoms with E-state index in [4.69, 9.17) is 11.6 Å². The number of anilines is 4. The molecule has 4 rings (SSSR count). The average Bonchev–Trinajstić information content (AvgIpc) is 2.69. The van der Waals surface area contributed by atoms with Gasteiger partial charge >= 0.3 is 0 Å². The van der Waals surface area contributed by atoms with Crippen LogP contribution >= 0.6 is 11.6 Å². The van der Waals surface area contributed by atoms with E-state index in [1.807, 2.05) is 31.2 Å². The Balaban J connectivity index is 1.48. The lowest BCUT2D eigenvalue weighted by Gasteiger charge is -2.37. The van der Waals surface area contributed by atoms with Crippen LogP contribution in [0.2, 0.25) is 5.02 Å². The van der Waals surface area contributed by atoms with Gasteiger partial charge in [0.05, 0.1) is 5.69 Å². The van der Waals surface area contributed by atoms with Crippen LogP contribution in [0.25, 0.3) is 0 Å². The summed E-state index contributed by atoms with van der Waals surface area (Å²) in [7, 11) is 0. The maximum atomic E-state index is 13.9. The SMILES string of the molecule is Cc1nc(Nc2ccccc2F)cc(N2CCN(c3cccc(Cl)c3)CC2)n1. The minimum atomic E-state index is -0.310. The fraction of sp³-hybridized carbons (Fsp3) is 0.238. The van der Waals surface area contributed by atoms with Gasteiger partial charge in [0.1, 0.15) is 23.3 Å². The number of aryl methyl sites for hydroxylation is 1. The van der Waals surface area contributed by atoms with Crippen molar-refractivity contribution in [1.82, 2.24) is 9.97 Å². The molecule has 0 radical (unpaired) electrons. The number of rotatable bonds is 4. The average molecular weight is 398 g/mol. The molecule has 0 aliphatic carbocycles. The van der Waals surface area contributed by atoms with Gasteiger partial charge in [-0.3, -0.25) is 0 Å². The first-order chi connectivity index (χ1) is 13.6. The number of aromatic nitrogens is 2. The van der Waals surface area contributed by atoms with Crippen LogP contribution < -0.4 is 15.1 Å². The second-order valence-corrected chi connectivity index (χ2v) is 7.15. The molecular formula is C21H21ClFN5. The molecule has 2 aromatic carbocycles. The van der Waals surface area contributed by atoms with Crippen LogP contribution in [0.5, 0.6) is 0 Å². The highest BCUT2D eigenvalue weighted by molar-refractivity contribution is 6.30. The topological polar surface area (TPSA) is 44.3 Å². The van der Waals surface area contributed by atoms with Crippen LogP contribution in [0, 0.1) is 12.7 Å². The molecule has 0 amide bonds. The molecule has 0 unspecified atom stereocenters. The molecular weight excluding hydrogens is 377 g/mol. The molecule has 1 aliphatic heterocycles. The smallest absolute Gasteiger partial charge is 0.146 e. The normalized spacial score (nSPS) is 14.2. The van der Waals surface area contributed by atoms with Crippen molar-refractivity contribution in [3.63, 3.8) is 0 Å². The number of para-hydroxylation sites is 1. The summed E-state index contributed by atoms with van der Waals surface area (Å²) in [5, 5.41) is 3.80. The number of piperazine rings is 1. The molecule has 1 fully saturated rings. The number of benzene rings is 2. The maximum absolute atomic E-state index is 13.9. The van der Waals surface area contributed by atoms with Gasteiger partial charge in [-0.1, -0.05) is 29.8 Å². The number of hydrogen-bond acceptors (Lipinski definition) is 5. The Labute approximate surface area is 168 Å². The van der Waals surface area contributed by atoms with E-state index < -0.39 is 0 Å². The standard InChI is InChI=1S/C21H21ClFN5/c1-15-24-20(26-19-8-3-2-7-18(19)23)14-21(25-15)28-11-9-27(10-12-28)17-6-4-5-16(22)13-17/h2-8,13-14H,9-12H2,1H3,(H,24,25,26). The van der Waals surface area contributed by atoms with Crippen molar-refractivity contribution < 1.29 is 4.39 Å². The van der Waals surface area contributed by atoms with Gasteiger partial charge in [-0.25, -0.2) is 14.4 Å². The largest absolute Gasteiger partial charge is 0.368 e. The van der Waals surface area contributed by atoms with E-state index >= 15 is 0 Å². The highest BCUT2D eigenvalue weighted by Crippen LogP contribution is 2.25. The number of hydrogen-bond donors (Lipinski definition) is 1. The van der Waals surface area contributed by atoms with Crippen molar-refractivity contribution >= 4 is 34.6 Å². The molecule has 0 spiro atoms. The maximum Gasteiger partial charge on any atom is 0.146 e. The lowest BCUT2D eigenvalue weighted by atomic mass is 10.2. The molecule has 28 heavy (non-hydrogen) atoms. The summed E-state index contributed by atoms with van der Waals surface area (Å²) in [5.41, 5.74) is 1.53. The predicted octanol–water partition coefficient (Wildman–Crippen LogP) is 4.65. The summed E-state index contributed by atoms with van der Waals surface area (Å²) in [6.45, 7) is 5.27. The van der Waals surface area contributed by atoms with Gasteiger partial charge in [0.15, 0.2) is 0 Å². The third-order valence-corrected chi connectivity index (χ3v) is 4.97. The van der Waals surface area contributed by atoms with Gasteiger partial charge in [0.25, 0.3) is 0 Å². The van der Waals surface area contributed by atoms with Crippen molar-refractivity contribution in [2.24, 2.45) is 0 Å². The Morgan fingerprint density at radius 1 is 0.929 bits per heavy atom. The summed E-state index contributed by atoms with van der Waals surface area (Å²) < 4.78 is 13.9. The molecule has 0 atom stereocenters. The summed E-state index contributed by atoms with van der Waals surface area (Å²) in [6.07, 6.45) is 0. The summed E-state index contributed by atoms with van der Waals surface area (Å²) >= 11 is 6.11. The van der Waals surface area contributed by atoms with E-state index in [2.05, 4.69) is 31.2 Å². The first-order valence-electron chi connectivity index (χ1n) is 9.21. The third-order valence-electron chi connectivity index (χ3n) is 4.74. The fourth-order valence-electron chi connectivity index (χ4n) is 3.35. The molecule has 3 aromatic rings. The van der Waals surface area contributed by atoms with Crippen LogP contribution in [0.4, 0.5) is 27.4 Å². The molecule has 0 saturated carbocycles. The van der Waals surface area contributed by atoms with E-state index in [9.17, 15) is 4.39 Å². The molecule has 5 nitrogen and oxygen atoms in total. The van der Waals surface area contributed by atoms with Crippen molar-refractivity contribution in [3.8, 4) is 0 Å². The van der Waals surface area contributed by atoms with Crippen molar-refractivity contribution in [1.29, 1.82) is 0 Å². The summed E-state index contributed by atoms with van der Waals surface area (Å²) in [5.74, 6) is 1.77. The Morgan fingerprint density at radius 2 is 1.68 bits per heavy atom. The fourth-order valence-corrected chi connectivity index (χ4v) is 3.53. The minimum Gasteiger partial charge on any atom is -0.368 e. The lowest BCUT2D eigenvalue weighted by Crippen LogP contribution is -2.46. The van der Waals surface area contributed by atoms with Crippen molar-refractivity contribution in [2.45, 2.75) is 6.92 Å². The third kappa shape index (κ3) is 4.17. The zero-order chi connectivity index (χ0) is 19.5. The number of halogens is 2. The quantitative estimate of drug-likeness (QED) is 0.694. The summed E-state index contributed by atoms with van der Waals surface area (Å²) in [4.78, 5) is 13.5. The highest BCUT2D eigenvalue weighted by Gasteiger charge is 2.19. The predicted molar refractivity (Wildman–Crippen MR) is 112 cm³/mol. The molecule has 144 valence electrons. The molecule has 1 aromatic heterocycles. The summed E-state index contributed by atoms with van der Waals surface area (Å²) in [6, 6.07) is 16.4. The van der Waals surface area contributed by atoms with E-state index in [0.29, 0.717) is 17.3 Å². The van der Waals surface area contributed by atoms with Gasteiger partial charge in [0.2, 0.25) is 0 Å². The number of nitrogens with one attached hydrogen (secondary N) is 1. The molecule has 0 bridgehead atoms. The first-order valence-corrected chi connectivity index (χ1v) is 9.59. The Hall–Kier alpha value is -2.86. The van der Waals surface area contributed by atoms with Crippen molar-refractivity contribution in [3.05, 3.63) is 71.3 Å². The van der Waals surface area contributed by atoms with Gasteiger partial charge in [-0.05, 0) is 37.3 Å². The Kier molecular flexibility index (Phi) is 5.30. The Morgan fingerprint density at radius 3 is 2.43 bits per heavy atom. The van der Waals surface area contributed by atoms with Gasteiger partial charge < -0.3 is 15.1 Å². The van der Waals surface area contributed by atoms with E-state index in [1.165, 1.54) is 6.07 Å². The van der Waals surface area contributed by atoms with Crippen molar-refractivity contribution in [2.75, 3.05) is 41.3 Å². The monoisotopic (exact) mass is 397 g/mol. The van der Waals surface area contributed by atoms with Crippen LogP contribution in [0.3, 0.4) is 0 Å². The Bertz CT molecular complexity index is 973. The zero-order valence-corrected chi connectivity index (χ0v) is 16.3. The van der Waals surface area contributed by atoms with Gasteiger partial charge in [-0.15, -0.1) is 0 Å². The van der Waals surface area contributed by atoms with Crippen LogP contribution in [0.15, 0.2) is 54.6 Å². The van der Waals surface area contributed by atoms with Gasteiger partial charge in [-0.2, -0.15) is 0 Å². The molecule has 1 saturated heterocycles. The zero-order valence-electron chi connectivity index (χ0n) is 15.6. The van der Waals surface area contributed by atoms with Gasteiger partial charge in [0, 0.05) is 43.0 Å². The van der Waals surface area contributed by atoms with E-state index in [0.717, 1.165) is 42.7 Å². The van der Waals surface area contributed by atoms with Crippen LogP contribution in [-0.2, 0) is 0 Å². The first kappa shape index (κ1) is 18.5. The van der Waals surface area contributed by atoms with E-state index in [1.54, 1.807) is 18.2 Å². The second-order valence-electron chi connectivity index (χ2n) is 6.72. The van der Waals surface area contributed by atoms with Crippen LogP contribution in [-0.4, -0.2) is 36.1 Å². The van der Waals surface area contributed by atoms with Crippen LogP contribution in [0.1, 0.15) is 5.82 Å². The second kappa shape index (κ2) is 8.02. The minimum absolute atomic E-state index is 0.310.